The Balaban J connectivity index is 2.04. The summed E-state index contributed by atoms with van der Waals surface area (Å²) in [4.78, 5) is 17.0. The molecule has 1 unspecified atom stereocenters. The molecule has 5 nitrogen and oxygen atoms in total. The summed E-state index contributed by atoms with van der Waals surface area (Å²) in [6.07, 6.45) is 0.392. The van der Waals surface area contributed by atoms with Crippen molar-refractivity contribution >= 4 is 23.5 Å². The van der Waals surface area contributed by atoms with Crippen LogP contribution in [-0.2, 0) is 16.8 Å². The molecule has 1 aliphatic rings. The van der Waals surface area contributed by atoms with Crippen molar-refractivity contribution in [2.24, 2.45) is 10.7 Å². The Labute approximate surface area is 139 Å². The molecule has 1 heterocycles. The van der Waals surface area contributed by atoms with Crippen molar-refractivity contribution in [3.63, 3.8) is 0 Å². The van der Waals surface area contributed by atoms with Gasteiger partial charge in [0, 0.05) is 11.4 Å². The molecule has 0 aromatic heterocycles. The molecular formula is C17H16ClN3O2. The first-order chi connectivity index (χ1) is 11.0. The summed E-state index contributed by atoms with van der Waals surface area (Å²) in [5.74, 6) is 0.598. The van der Waals surface area contributed by atoms with Crippen LogP contribution in [0.1, 0.15) is 11.1 Å². The minimum atomic E-state index is -1.08. The molecule has 0 fully saturated rings. The third kappa shape index (κ3) is 2.87. The average molecular weight is 330 g/mol. The highest BCUT2D eigenvalue weighted by molar-refractivity contribution is 6.30. The van der Waals surface area contributed by atoms with Crippen LogP contribution in [0.25, 0.3) is 0 Å². The van der Waals surface area contributed by atoms with Crippen molar-refractivity contribution < 1.29 is 9.53 Å². The normalized spacial score (nSPS) is 20.1. The third-order valence-electron chi connectivity index (χ3n) is 3.87. The largest absolute Gasteiger partial charge is 0.497 e. The molecule has 3 N–H and O–H groups in total. The number of rotatable bonds is 4. The number of halogens is 1. The standard InChI is InChI=1S/C17H16ClN3O2/c1-23-14-8-4-12(5-9-14)17(15(22)20-16(19)21-17)10-11-2-6-13(18)7-3-11/h2-9H,10H2,1H3,(H3,19,20,21,22). The highest BCUT2D eigenvalue weighted by Crippen LogP contribution is 2.34. The van der Waals surface area contributed by atoms with Crippen LogP contribution in [-0.4, -0.2) is 19.0 Å². The average Bonchev–Trinajstić information content (AvgIpc) is 2.84. The molecule has 0 bridgehead atoms. The first kappa shape index (κ1) is 15.4. The van der Waals surface area contributed by atoms with Crippen LogP contribution in [0.3, 0.4) is 0 Å². The summed E-state index contributed by atoms with van der Waals surface area (Å²) in [5, 5.41) is 3.24. The first-order valence-electron chi connectivity index (χ1n) is 7.09. The summed E-state index contributed by atoms with van der Waals surface area (Å²) in [5.41, 5.74) is 6.36. The molecule has 1 aliphatic heterocycles. The van der Waals surface area contributed by atoms with Crippen LogP contribution in [0, 0.1) is 0 Å². The van der Waals surface area contributed by atoms with E-state index in [0.29, 0.717) is 17.2 Å². The van der Waals surface area contributed by atoms with Gasteiger partial charge in [-0.2, -0.15) is 0 Å². The summed E-state index contributed by atoms with van der Waals surface area (Å²) in [6.45, 7) is 0. The van der Waals surface area contributed by atoms with Crippen LogP contribution in [0.2, 0.25) is 5.02 Å². The molecule has 0 radical (unpaired) electrons. The van der Waals surface area contributed by atoms with Gasteiger partial charge in [0.15, 0.2) is 11.5 Å². The predicted molar refractivity (Wildman–Crippen MR) is 89.6 cm³/mol. The molecule has 23 heavy (non-hydrogen) atoms. The Bertz CT molecular complexity index is 756. The van der Waals surface area contributed by atoms with E-state index in [2.05, 4.69) is 10.3 Å². The molecule has 0 aliphatic carbocycles. The molecule has 0 spiro atoms. The molecule has 6 heteroatoms. The fraction of sp³-hybridized carbons (Fsp3) is 0.176. The Kier molecular flexibility index (Phi) is 3.96. The van der Waals surface area contributed by atoms with Gasteiger partial charge in [-0.1, -0.05) is 35.9 Å². The van der Waals surface area contributed by atoms with E-state index in [1.807, 2.05) is 24.3 Å². The number of guanidine groups is 1. The van der Waals surface area contributed by atoms with Crippen LogP contribution in [0.15, 0.2) is 53.5 Å². The summed E-state index contributed by atoms with van der Waals surface area (Å²) < 4.78 is 5.17. The quantitative estimate of drug-likeness (QED) is 0.903. The van der Waals surface area contributed by atoms with E-state index >= 15 is 0 Å². The van der Waals surface area contributed by atoms with Crippen molar-refractivity contribution in [3.05, 3.63) is 64.7 Å². The second-order valence-corrected chi connectivity index (χ2v) is 5.78. The number of nitrogens with one attached hydrogen (secondary N) is 1. The summed E-state index contributed by atoms with van der Waals surface area (Å²) in [6, 6.07) is 14.6. The van der Waals surface area contributed by atoms with Crippen LogP contribution < -0.4 is 15.8 Å². The second-order valence-electron chi connectivity index (χ2n) is 5.34. The number of amides is 1. The molecule has 2 aromatic carbocycles. The number of hydrogen-bond acceptors (Lipinski definition) is 4. The minimum Gasteiger partial charge on any atom is -0.497 e. The fourth-order valence-electron chi connectivity index (χ4n) is 2.69. The molecule has 0 saturated carbocycles. The van der Waals surface area contributed by atoms with Gasteiger partial charge in [-0.3, -0.25) is 10.1 Å². The van der Waals surface area contributed by atoms with Crippen molar-refractivity contribution in [3.8, 4) is 5.75 Å². The van der Waals surface area contributed by atoms with Crippen molar-refractivity contribution in [1.29, 1.82) is 0 Å². The van der Waals surface area contributed by atoms with E-state index < -0.39 is 5.54 Å². The highest BCUT2D eigenvalue weighted by Gasteiger charge is 2.44. The van der Waals surface area contributed by atoms with Gasteiger partial charge in [-0.15, -0.1) is 0 Å². The smallest absolute Gasteiger partial charge is 0.259 e. The Hall–Kier alpha value is -2.53. The lowest BCUT2D eigenvalue weighted by atomic mass is 9.84. The topological polar surface area (TPSA) is 76.7 Å². The van der Waals surface area contributed by atoms with E-state index in [1.54, 1.807) is 31.4 Å². The maximum absolute atomic E-state index is 12.6. The van der Waals surface area contributed by atoms with E-state index in [4.69, 9.17) is 22.1 Å². The van der Waals surface area contributed by atoms with E-state index in [9.17, 15) is 4.79 Å². The van der Waals surface area contributed by atoms with Gasteiger partial charge >= 0.3 is 0 Å². The van der Waals surface area contributed by atoms with Crippen molar-refractivity contribution in [2.45, 2.75) is 12.0 Å². The van der Waals surface area contributed by atoms with Crippen molar-refractivity contribution in [2.75, 3.05) is 7.11 Å². The molecular weight excluding hydrogens is 314 g/mol. The maximum Gasteiger partial charge on any atom is 0.259 e. The second kappa shape index (κ2) is 5.93. The van der Waals surface area contributed by atoms with Gasteiger partial charge in [0.2, 0.25) is 0 Å². The molecule has 1 amide bonds. The zero-order chi connectivity index (χ0) is 16.4. The highest BCUT2D eigenvalue weighted by atomic mass is 35.5. The number of hydrogen-bond donors (Lipinski definition) is 2. The lowest BCUT2D eigenvalue weighted by Gasteiger charge is -2.24. The zero-order valence-corrected chi connectivity index (χ0v) is 13.3. The Morgan fingerprint density at radius 1 is 1.17 bits per heavy atom. The molecule has 2 aromatic rings. The van der Waals surface area contributed by atoms with Gasteiger partial charge in [0.25, 0.3) is 5.91 Å². The number of carbonyl (C=O) groups excluding carboxylic acids is 1. The predicted octanol–water partition coefficient (Wildman–Crippen LogP) is 2.23. The van der Waals surface area contributed by atoms with Gasteiger partial charge in [0.05, 0.1) is 7.11 Å². The molecule has 0 saturated heterocycles. The van der Waals surface area contributed by atoms with E-state index in [-0.39, 0.29) is 11.9 Å². The van der Waals surface area contributed by atoms with Crippen LogP contribution in [0.4, 0.5) is 0 Å². The molecule has 118 valence electrons. The number of carbonyl (C=O) groups is 1. The molecule has 3 rings (SSSR count). The number of nitrogens with two attached hydrogens (primary N) is 1. The van der Waals surface area contributed by atoms with Crippen molar-refractivity contribution in [1.82, 2.24) is 5.32 Å². The summed E-state index contributed by atoms with van der Waals surface area (Å²) in [7, 11) is 1.59. The van der Waals surface area contributed by atoms with Crippen LogP contribution in [0.5, 0.6) is 5.75 Å². The zero-order valence-electron chi connectivity index (χ0n) is 12.5. The lowest BCUT2D eigenvalue weighted by molar-refractivity contribution is -0.124. The molecule has 1 atom stereocenters. The Morgan fingerprint density at radius 3 is 2.35 bits per heavy atom. The van der Waals surface area contributed by atoms with Gasteiger partial charge in [0.1, 0.15) is 5.75 Å². The Morgan fingerprint density at radius 2 is 1.83 bits per heavy atom. The number of nitrogens with zero attached hydrogens (tertiary/aromatic N) is 1. The number of ether oxygens (including phenoxy) is 1. The first-order valence-corrected chi connectivity index (χ1v) is 7.47. The third-order valence-corrected chi connectivity index (χ3v) is 4.12. The summed E-state index contributed by atoms with van der Waals surface area (Å²) >= 11 is 5.92. The van der Waals surface area contributed by atoms with Gasteiger partial charge in [-0.25, -0.2) is 4.99 Å². The number of aliphatic imine (C=N–C) groups is 1. The maximum atomic E-state index is 12.6. The number of benzene rings is 2. The SMILES string of the molecule is COc1ccc(C2(Cc3ccc(Cl)cc3)N=C(N)NC2=O)cc1. The van der Waals surface area contributed by atoms with E-state index in [0.717, 1.165) is 11.1 Å². The minimum absolute atomic E-state index is 0.125. The fourth-order valence-corrected chi connectivity index (χ4v) is 2.81. The monoisotopic (exact) mass is 329 g/mol. The number of methoxy groups -OCH3 is 1. The van der Waals surface area contributed by atoms with Gasteiger partial charge in [-0.05, 0) is 35.4 Å². The lowest BCUT2D eigenvalue weighted by Crippen LogP contribution is -2.40. The van der Waals surface area contributed by atoms with Gasteiger partial charge < -0.3 is 10.5 Å². The van der Waals surface area contributed by atoms with E-state index in [1.165, 1.54) is 0 Å². The van der Waals surface area contributed by atoms with Crippen LogP contribution >= 0.6 is 11.6 Å².